The molecule has 1 aromatic carbocycles. The van der Waals surface area contributed by atoms with Crippen molar-refractivity contribution in [3.63, 3.8) is 0 Å². The van der Waals surface area contributed by atoms with Crippen LogP contribution < -0.4 is 15.0 Å². The first-order valence-corrected chi connectivity index (χ1v) is 9.78. The van der Waals surface area contributed by atoms with E-state index in [1.165, 1.54) is 12.3 Å². The van der Waals surface area contributed by atoms with Gasteiger partial charge in [0.25, 0.3) is 0 Å². The van der Waals surface area contributed by atoms with Gasteiger partial charge in [0.15, 0.2) is 0 Å². The molecule has 2 heterocycles. The molecular formula is C21H28FN3O4. The van der Waals surface area contributed by atoms with Gasteiger partial charge in [0, 0.05) is 26.2 Å². The molecule has 1 unspecified atom stereocenters. The Kier molecular flexibility index (Phi) is 7.76. The van der Waals surface area contributed by atoms with Gasteiger partial charge in [-0.25, -0.2) is 9.37 Å². The average molecular weight is 405 g/mol. The highest BCUT2D eigenvalue weighted by Gasteiger charge is 2.36. The first-order chi connectivity index (χ1) is 14.1. The van der Waals surface area contributed by atoms with Crippen LogP contribution in [0.4, 0.5) is 10.2 Å². The van der Waals surface area contributed by atoms with Crippen LogP contribution in [0.5, 0.6) is 5.75 Å². The third-order valence-corrected chi connectivity index (χ3v) is 4.81. The van der Waals surface area contributed by atoms with Crippen molar-refractivity contribution in [2.75, 3.05) is 51.0 Å². The Morgan fingerprint density at radius 3 is 2.69 bits per heavy atom. The third kappa shape index (κ3) is 6.64. The van der Waals surface area contributed by atoms with Crippen molar-refractivity contribution in [3.8, 4) is 5.75 Å². The Morgan fingerprint density at radius 1 is 1.14 bits per heavy atom. The molecule has 1 aromatic heterocycles. The molecule has 1 aliphatic heterocycles. The molecule has 1 fully saturated rings. The van der Waals surface area contributed by atoms with E-state index in [1.54, 1.807) is 6.07 Å². The maximum absolute atomic E-state index is 13.0. The molecular weight excluding hydrogens is 377 g/mol. The van der Waals surface area contributed by atoms with Crippen LogP contribution >= 0.6 is 0 Å². The highest BCUT2D eigenvalue weighted by Crippen LogP contribution is 2.25. The summed E-state index contributed by atoms with van der Waals surface area (Å²) in [5.41, 5.74) is 0.251. The number of hydrogen-bond acceptors (Lipinski definition) is 7. The molecule has 3 rings (SSSR count). The summed E-state index contributed by atoms with van der Waals surface area (Å²) in [6, 6.07) is 10.8. The van der Waals surface area contributed by atoms with E-state index in [2.05, 4.69) is 10.3 Å². The molecule has 1 aliphatic rings. The fourth-order valence-corrected chi connectivity index (χ4v) is 3.28. The van der Waals surface area contributed by atoms with Gasteiger partial charge >= 0.3 is 0 Å². The van der Waals surface area contributed by atoms with Crippen LogP contribution in [0.25, 0.3) is 0 Å². The van der Waals surface area contributed by atoms with Crippen molar-refractivity contribution >= 4 is 5.82 Å². The van der Waals surface area contributed by atoms with Crippen LogP contribution in [-0.2, 0) is 11.3 Å². The molecule has 8 heteroatoms. The minimum atomic E-state index is -0.840. The lowest BCUT2D eigenvalue weighted by molar-refractivity contribution is 0.0626. The Morgan fingerprint density at radius 2 is 1.97 bits per heavy atom. The lowest BCUT2D eigenvalue weighted by atomic mass is 10.0. The van der Waals surface area contributed by atoms with E-state index in [4.69, 9.17) is 14.6 Å². The van der Waals surface area contributed by atoms with Crippen LogP contribution in [0.2, 0.25) is 0 Å². The van der Waals surface area contributed by atoms with Gasteiger partial charge in [-0.2, -0.15) is 0 Å². The van der Waals surface area contributed by atoms with Gasteiger partial charge < -0.3 is 29.9 Å². The predicted octanol–water partition coefficient (Wildman–Crippen LogP) is 1.34. The number of nitrogens with zero attached hydrogens (tertiary/aromatic N) is 2. The average Bonchev–Trinajstić information content (AvgIpc) is 3.12. The number of aliphatic hydroxyl groups excluding tert-OH is 1. The van der Waals surface area contributed by atoms with E-state index >= 15 is 0 Å². The zero-order valence-electron chi connectivity index (χ0n) is 16.4. The van der Waals surface area contributed by atoms with Gasteiger partial charge in [0.1, 0.15) is 24.0 Å². The minimum Gasteiger partial charge on any atom is -0.491 e. The highest BCUT2D eigenvalue weighted by molar-refractivity contribution is 5.40. The number of halogens is 1. The molecule has 0 aliphatic carbocycles. The Bertz CT molecular complexity index is 745. The fraction of sp³-hybridized carbons (Fsp3) is 0.476. The third-order valence-electron chi connectivity index (χ3n) is 4.81. The number of pyridine rings is 1. The molecule has 2 aromatic rings. The van der Waals surface area contributed by atoms with Gasteiger partial charge in [-0.05, 0) is 36.2 Å². The van der Waals surface area contributed by atoms with Crippen molar-refractivity contribution in [2.45, 2.75) is 18.6 Å². The van der Waals surface area contributed by atoms with Gasteiger partial charge in [-0.1, -0.05) is 12.1 Å². The Labute approximate surface area is 170 Å². The number of hydrogen-bond donors (Lipinski definition) is 3. The molecule has 1 saturated heterocycles. The summed E-state index contributed by atoms with van der Waals surface area (Å²) < 4.78 is 23.7. The number of rotatable bonds is 11. The zero-order chi connectivity index (χ0) is 20.5. The van der Waals surface area contributed by atoms with Crippen LogP contribution in [0.1, 0.15) is 12.0 Å². The van der Waals surface area contributed by atoms with Gasteiger partial charge in [0.05, 0.1) is 31.6 Å². The van der Waals surface area contributed by atoms with Gasteiger partial charge in [0.2, 0.25) is 0 Å². The summed E-state index contributed by atoms with van der Waals surface area (Å²) in [5, 5.41) is 22.8. The number of ether oxygens (including phenoxy) is 2. The lowest BCUT2D eigenvalue weighted by Gasteiger charge is -2.24. The second-order valence-corrected chi connectivity index (χ2v) is 7.16. The van der Waals surface area contributed by atoms with E-state index in [0.29, 0.717) is 58.2 Å². The van der Waals surface area contributed by atoms with E-state index in [-0.39, 0.29) is 12.4 Å². The van der Waals surface area contributed by atoms with E-state index < -0.39 is 5.60 Å². The minimum absolute atomic E-state index is 0.0119. The Balaban J connectivity index is 1.38. The number of nitrogens with one attached hydrogen (secondary N) is 1. The van der Waals surface area contributed by atoms with Crippen molar-refractivity contribution in [3.05, 3.63) is 54.0 Å². The largest absolute Gasteiger partial charge is 0.491 e. The second-order valence-electron chi connectivity index (χ2n) is 7.16. The molecule has 29 heavy (non-hydrogen) atoms. The lowest BCUT2D eigenvalue weighted by Crippen LogP contribution is -2.43. The zero-order valence-corrected chi connectivity index (χ0v) is 16.4. The number of benzene rings is 1. The normalized spacial score (nSPS) is 18.9. The van der Waals surface area contributed by atoms with Crippen molar-refractivity contribution in [2.24, 2.45) is 0 Å². The van der Waals surface area contributed by atoms with Gasteiger partial charge in [-0.15, -0.1) is 0 Å². The molecule has 158 valence electrons. The summed E-state index contributed by atoms with van der Waals surface area (Å²) >= 11 is 0. The van der Waals surface area contributed by atoms with Crippen molar-refractivity contribution < 1.29 is 24.1 Å². The Hall–Kier alpha value is -2.26. The smallest absolute Gasteiger partial charge is 0.141 e. The van der Waals surface area contributed by atoms with Crippen molar-refractivity contribution in [1.82, 2.24) is 10.3 Å². The molecule has 3 N–H and O–H groups in total. The summed E-state index contributed by atoms with van der Waals surface area (Å²) in [6.45, 7) is 3.45. The SMILES string of the molecule is OCCOCCOc1ccc(CNCC2(O)CCN(c3ccc(F)cn3)C2)cc1. The fourth-order valence-electron chi connectivity index (χ4n) is 3.28. The predicted molar refractivity (Wildman–Crippen MR) is 108 cm³/mol. The van der Waals surface area contributed by atoms with Crippen molar-refractivity contribution in [1.29, 1.82) is 0 Å². The molecule has 0 saturated carbocycles. The first kappa shape index (κ1) is 21.4. The summed E-state index contributed by atoms with van der Waals surface area (Å²) in [6.07, 6.45) is 1.82. The topological polar surface area (TPSA) is 87.1 Å². The summed E-state index contributed by atoms with van der Waals surface area (Å²) in [5.74, 6) is 1.08. The van der Waals surface area contributed by atoms with Crippen LogP contribution in [0.3, 0.4) is 0 Å². The van der Waals surface area contributed by atoms with Crippen LogP contribution in [0, 0.1) is 5.82 Å². The molecule has 0 spiro atoms. The highest BCUT2D eigenvalue weighted by atomic mass is 19.1. The maximum atomic E-state index is 13.0. The summed E-state index contributed by atoms with van der Waals surface area (Å²) in [7, 11) is 0. The van der Waals surface area contributed by atoms with E-state index in [1.807, 2.05) is 29.2 Å². The monoisotopic (exact) mass is 405 g/mol. The van der Waals surface area contributed by atoms with E-state index in [9.17, 15) is 9.50 Å². The van der Waals surface area contributed by atoms with Crippen LogP contribution in [0.15, 0.2) is 42.6 Å². The molecule has 0 radical (unpaired) electrons. The molecule has 0 amide bonds. The number of β-amino-alcohol motifs (C(OH)–C–C–N with tert-alkyl or cyclic N) is 1. The first-order valence-electron chi connectivity index (χ1n) is 9.78. The second kappa shape index (κ2) is 10.5. The molecule has 0 bridgehead atoms. The number of aliphatic hydroxyl groups is 2. The number of anilines is 1. The quantitative estimate of drug-likeness (QED) is 0.486. The molecule has 1 atom stereocenters. The standard InChI is InChI=1S/C21H28FN3O4/c22-18-3-6-20(24-14-18)25-8-7-21(27,16-25)15-23-13-17-1-4-19(5-2-17)29-12-11-28-10-9-26/h1-6,14,23,26-27H,7-13,15-16H2. The van der Waals surface area contributed by atoms with E-state index in [0.717, 1.165) is 11.3 Å². The molecule has 7 nitrogen and oxygen atoms in total. The van der Waals surface area contributed by atoms with Crippen LogP contribution in [-0.4, -0.2) is 66.9 Å². The maximum Gasteiger partial charge on any atom is 0.141 e. The number of aromatic nitrogens is 1. The van der Waals surface area contributed by atoms with Gasteiger partial charge in [-0.3, -0.25) is 0 Å². The summed E-state index contributed by atoms with van der Waals surface area (Å²) in [4.78, 5) is 6.06.